The van der Waals surface area contributed by atoms with Crippen LogP contribution in [0.25, 0.3) is 0 Å². The Kier molecular flexibility index (Phi) is 9.02. The van der Waals surface area contributed by atoms with Crippen molar-refractivity contribution in [2.24, 2.45) is 0 Å². The number of amides is 2. The molecular weight excluding hydrogens is 439 g/mol. The van der Waals surface area contributed by atoms with Gasteiger partial charge in [-0.2, -0.15) is 0 Å². The van der Waals surface area contributed by atoms with Crippen molar-refractivity contribution in [1.29, 1.82) is 0 Å². The van der Waals surface area contributed by atoms with E-state index in [-0.39, 0.29) is 30.6 Å². The van der Waals surface area contributed by atoms with Crippen LogP contribution in [0.5, 0.6) is 0 Å². The second kappa shape index (κ2) is 12.2. The Morgan fingerprint density at radius 1 is 0.939 bits per heavy atom. The molecule has 0 fully saturated rings. The zero-order valence-electron chi connectivity index (χ0n) is 18.6. The molecule has 0 radical (unpaired) electrons. The summed E-state index contributed by atoms with van der Waals surface area (Å²) < 4.78 is 13.3. The predicted octanol–water partition coefficient (Wildman–Crippen LogP) is 5.19. The van der Waals surface area contributed by atoms with Crippen molar-refractivity contribution in [3.05, 3.63) is 106 Å². The van der Waals surface area contributed by atoms with Gasteiger partial charge in [-0.3, -0.25) is 9.59 Å². The lowest BCUT2D eigenvalue weighted by Crippen LogP contribution is -2.51. The molecule has 3 rings (SSSR count). The smallest absolute Gasteiger partial charge is 0.243 e. The molecule has 1 atom stereocenters. The molecule has 0 saturated carbocycles. The van der Waals surface area contributed by atoms with Crippen molar-refractivity contribution in [2.45, 2.75) is 38.8 Å². The highest BCUT2D eigenvalue weighted by molar-refractivity contribution is 6.30. The van der Waals surface area contributed by atoms with E-state index in [9.17, 15) is 14.0 Å². The molecule has 3 aromatic carbocycles. The third-order valence-electron chi connectivity index (χ3n) is 5.33. The van der Waals surface area contributed by atoms with E-state index in [4.69, 9.17) is 11.6 Å². The summed E-state index contributed by atoms with van der Waals surface area (Å²) in [6.07, 6.45) is 1.24. The van der Waals surface area contributed by atoms with Crippen LogP contribution >= 0.6 is 11.6 Å². The Balaban J connectivity index is 1.94. The van der Waals surface area contributed by atoms with Gasteiger partial charge in [-0.1, -0.05) is 73.1 Å². The van der Waals surface area contributed by atoms with E-state index in [2.05, 4.69) is 5.32 Å². The molecule has 0 saturated heterocycles. The van der Waals surface area contributed by atoms with E-state index in [1.165, 1.54) is 12.1 Å². The largest absolute Gasteiger partial charge is 0.354 e. The third kappa shape index (κ3) is 7.43. The molecule has 0 heterocycles. The van der Waals surface area contributed by atoms with Crippen LogP contribution in [0.2, 0.25) is 5.02 Å². The number of hydrogen-bond donors (Lipinski definition) is 1. The maximum atomic E-state index is 13.5. The van der Waals surface area contributed by atoms with Gasteiger partial charge in [-0.15, -0.1) is 0 Å². The quantitative estimate of drug-likeness (QED) is 0.447. The highest BCUT2D eigenvalue weighted by atomic mass is 35.5. The average Bonchev–Trinajstić information content (AvgIpc) is 2.82. The molecule has 3 aromatic rings. The van der Waals surface area contributed by atoms with E-state index in [1.807, 2.05) is 49.4 Å². The van der Waals surface area contributed by atoms with Crippen LogP contribution in [0.1, 0.15) is 30.0 Å². The summed E-state index contributed by atoms with van der Waals surface area (Å²) in [6, 6.07) is 22.1. The summed E-state index contributed by atoms with van der Waals surface area (Å²) in [5, 5.41) is 3.51. The Morgan fingerprint density at radius 2 is 1.64 bits per heavy atom. The number of benzene rings is 3. The highest BCUT2D eigenvalue weighted by Crippen LogP contribution is 2.19. The van der Waals surface area contributed by atoms with E-state index in [0.29, 0.717) is 23.6 Å². The number of nitrogens with one attached hydrogen (secondary N) is 1. The van der Waals surface area contributed by atoms with Crippen LogP contribution in [-0.4, -0.2) is 29.3 Å². The average molecular weight is 467 g/mol. The van der Waals surface area contributed by atoms with Crippen molar-refractivity contribution in [2.75, 3.05) is 6.54 Å². The van der Waals surface area contributed by atoms with Crippen LogP contribution in [-0.2, 0) is 29.0 Å². The molecule has 0 bridgehead atoms. The maximum absolute atomic E-state index is 13.5. The molecule has 0 unspecified atom stereocenters. The first kappa shape index (κ1) is 24.5. The fourth-order valence-electron chi connectivity index (χ4n) is 3.63. The zero-order valence-corrected chi connectivity index (χ0v) is 19.4. The Morgan fingerprint density at radius 3 is 2.30 bits per heavy atom. The van der Waals surface area contributed by atoms with Gasteiger partial charge in [-0.05, 0) is 47.4 Å². The summed E-state index contributed by atoms with van der Waals surface area (Å²) in [7, 11) is 0. The first-order valence-electron chi connectivity index (χ1n) is 11.1. The number of halogens is 2. The zero-order chi connectivity index (χ0) is 23.6. The molecule has 0 spiro atoms. The molecule has 0 aliphatic rings. The van der Waals surface area contributed by atoms with Gasteiger partial charge in [0.05, 0.1) is 6.42 Å². The normalized spacial score (nSPS) is 11.6. The number of carbonyl (C=O) groups excluding carboxylic acids is 2. The minimum absolute atomic E-state index is 0.0627. The number of hydrogen-bond acceptors (Lipinski definition) is 2. The monoisotopic (exact) mass is 466 g/mol. The SMILES string of the molecule is CCCNC(=O)[C@H](Cc1ccccc1)N(Cc1cccc(Cl)c1)C(=O)Cc1ccc(F)cc1. The molecule has 33 heavy (non-hydrogen) atoms. The molecule has 0 aliphatic carbocycles. The van der Waals surface area contributed by atoms with Gasteiger partial charge in [0.2, 0.25) is 11.8 Å². The molecule has 172 valence electrons. The molecule has 0 aliphatic heterocycles. The number of nitrogens with zero attached hydrogens (tertiary/aromatic N) is 1. The lowest BCUT2D eigenvalue weighted by Gasteiger charge is -2.31. The molecule has 1 N–H and O–H groups in total. The first-order valence-corrected chi connectivity index (χ1v) is 11.4. The minimum Gasteiger partial charge on any atom is -0.354 e. The van der Waals surface area contributed by atoms with Crippen LogP contribution in [0, 0.1) is 5.82 Å². The molecule has 6 heteroatoms. The van der Waals surface area contributed by atoms with Crippen molar-refractivity contribution in [3.63, 3.8) is 0 Å². The fraction of sp³-hybridized carbons (Fsp3) is 0.259. The summed E-state index contributed by atoms with van der Waals surface area (Å²) in [5.41, 5.74) is 2.47. The Bertz CT molecular complexity index is 1060. The van der Waals surface area contributed by atoms with Gasteiger partial charge in [0.15, 0.2) is 0 Å². The van der Waals surface area contributed by atoms with E-state index in [1.54, 1.807) is 29.2 Å². The van der Waals surface area contributed by atoms with Gasteiger partial charge in [0, 0.05) is 24.5 Å². The van der Waals surface area contributed by atoms with Gasteiger partial charge in [-0.25, -0.2) is 4.39 Å². The van der Waals surface area contributed by atoms with E-state index < -0.39 is 6.04 Å². The second-order valence-electron chi connectivity index (χ2n) is 7.95. The molecule has 2 amide bonds. The second-order valence-corrected chi connectivity index (χ2v) is 8.39. The lowest BCUT2D eigenvalue weighted by molar-refractivity contribution is -0.140. The first-order chi connectivity index (χ1) is 16.0. The van der Waals surface area contributed by atoms with Crippen LogP contribution < -0.4 is 5.32 Å². The predicted molar refractivity (Wildman–Crippen MR) is 129 cm³/mol. The van der Waals surface area contributed by atoms with Gasteiger partial charge in [0.1, 0.15) is 11.9 Å². The highest BCUT2D eigenvalue weighted by Gasteiger charge is 2.30. The summed E-state index contributed by atoms with van der Waals surface area (Å²) in [6.45, 7) is 2.74. The van der Waals surface area contributed by atoms with E-state index in [0.717, 1.165) is 17.5 Å². The van der Waals surface area contributed by atoms with Gasteiger partial charge >= 0.3 is 0 Å². The van der Waals surface area contributed by atoms with Crippen LogP contribution in [0.3, 0.4) is 0 Å². The Hall–Kier alpha value is -3.18. The molecular formula is C27H28ClFN2O2. The molecule has 4 nitrogen and oxygen atoms in total. The van der Waals surface area contributed by atoms with Gasteiger partial charge in [0.25, 0.3) is 0 Å². The van der Waals surface area contributed by atoms with Crippen molar-refractivity contribution < 1.29 is 14.0 Å². The van der Waals surface area contributed by atoms with Crippen molar-refractivity contribution in [1.82, 2.24) is 10.2 Å². The summed E-state index contributed by atoms with van der Waals surface area (Å²) in [5.74, 6) is -0.771. The van der Waals surface area contributed by atoms with Gasteiger partial charge < -0.3 is 10.2 Å². The Labute approximate surface area is 199 Å². The summed E-state index contributed by atoms with van der Waals surface area (Å²) in [4.78, 5) is 28.3. The lowest BCUT2D eigenvalue weighted by atomic mass is 10.0. The summed E-state index contributed by atoms with van der Waals surface area (Å²) >= 11 is 6.17. The van der Waals surface area contributed by atoms with Crippen molar-refractivity contribution >= 4 is 23.4 Å². The minimum atomic E-state index is -0.703. The van der Waals surface area contributed by atoms with Crippen LogP contribution in [0.4, 0.5) is 4.39 Å². The number of rotatable bonds is 10. The molecule has 0 aromatic heterocycles. The van der Waals surface area contributed by atoms with Crippen LogP contribution in [0.15, 0.2) is 78.9 Å². The number of carbonyl (C=O) groups is 2. The topological polar surface area (TPSA) is 49.4 Å². The van der Waals surface area contributed by atoms with Crippen molar-refractivity contribution in [3.8, 4) is 0 Å². The third-order valence-corrected chi connectivity index (χ3v) is 5.57. The fourth-order valence-corrected chi connectivity index (χ4v) is 3.84. The standard InChI is InChI=1S/C27H28ClFN2O2/c1-2-15-30-27(33)25(17-20-7-4-3-5-8-20)31(19-22-9-6-10-23(28)16-22)26(32)18-21-11-13-24(29)14-12-21/h3-14,16,25H,2,15,17-19H2,1H3,(H,30,33)/t25-/m0/s1. The maximum Gasteiger partial charge on any atom is 0.243 e. The van der Waals surface area contributed by atoms with E-state index >= 15 is 0 Å².